The molecule has 0 radical (unpaired) electrons. The molecule has 0 aliphatic carbocycles. The van der Waals surface area contributed by atoms with Crippen LogP contribution in [0.2, 0.25) is 0 Å². The maximum atomic E-state index is 12.4. The van der Waals surface area contributed by atoms with E-state index in [-0.39, 0.29) is 12.0 Å². The summed E-state index contributed by atoms with van der Waals surface area (Å²) in [6, 6.07) is 11.7. The van der Waals surface area contributed by atoms with Gasteiger partial charge in [-0.2, -0.15) is 5.10 Å². The molecular weight excluding hydrogens is 290 g/mol. The number of hydrogen-bond donors (Lipinski definition) is 0. The lowest BCUT2D eigenvalue weighted by atomic mass is 10.0. The molecule has 1 aromatic heterocycles. The fourth-order valence-electron chi connectivity index (χ4n) is 2.85. The molecule has 1 saturated heterocycles. The summed E-state index contributed by atoms with van der Waals surface area (Å²) in [5.41, 5.74) is 2.26. The van der Waals surface area contributed by atoms with Crippen molar-refractivity contribution < 1.29 is 9.53 Å². The summed E-state index contributed by atoms with van der Waals surface area (Å²) >= 11 is 0. The van der Waals surface area contributed by atoms with Crippen molar-refractivity contribution in [3.8, 4) is 5.88 Å². The van der Waals surface area contributed by atoms with E-state index in [9.17, 15) is 4.79 Å². The fraction of sp³-hybridized carbons (Fsp3) is 0.389. The Morgan fingerprint density at radius 2 is 2.09 bits per heavy atom. The molecule has 120 valence electrons. The standard InChI is InChI=1S/C18H21N3O2/c1-14-4-2-5-15(12-14)13-18(22)21-10-7-16(8-11-21)23-17-6-3-9-19-20-17/h2-6,9,12,16H,7-8,10-11,13H2,1H3. The maximum absolute atomic E-state index is 12.4. The van der Waals surface area contributed by atoms with Gasteiger partial charge in [-0.15, -0.1) is 5.10 Å². The third-order valence-electron chi connectivity index (χ3n) is 4.07. The lowest BCUT2D eigenvalue weighted by Crippen LogP contribution is -2.42. The molecule has 2 heterocycles. The second-order valence-corrected chi connectivity index (χ2v) is 5.93. The van der Waals surface area contributed by atoms with Crippen molar-refractivity contribution in [2.75, 3.05) is 13.1 Å². The number of hydrogen-bond acceptors (Lipinski definition) is 4. The van der Waals surface area contributed by atoms with E-state index in [1.807, 2.05) is 42.2 Å². The number of carbonyl (C=O) groups excluding carboxylic acids is 1. The minimum Gasteiger partial charge on any atom is -0.473 e. The van der Waals surface area contributed by atoms with Crippen LogP contribution in [-0.4, -0.2) is 40.2 Å². The first-order chi connectivity index (χ1) is 11.2. The normalized spacial score (nSPS) is 15.4. The minimum atomic E-state index is 0.106. The summed E-state index contributed by atoms with van der Waals surface area (Å²) < 4.78 is 5.81. The smallest absolute Gasteiger partial charge is 0.233 e. The number of nitrogens with zero attached hydrogens (tertiary/aromatic N) is 3. The highest BCUT2D eigenvalue weighted by molar-refractivity contribution is 5.78. The molecule has 0 bridgehead atoms. The quantitative estimate of drug-likeness (QED) is 0.870. The Labute approximate surface area is 136 Å². The molecule has 0 unspecified atom stereocenters. The topological polar surface area (TPSA) is 55.3 Å². The number of aromatic nitrogens is 2. The highest BCUT2D eigenvalue weighted by atomic mass is 16.5. The first-order valence-electron chi connectivity index (χ1n) is 7.98. The third kappa shape index (κ3) is 4.28. The lowest BCUT2D eigenvalue weighted by molar-refractivity contribution is -0.132. The predicted molar refractivity (Wildman–Crippen MR) is 87.1 cm³/mol. The zero-order valence-corrected chi connectivity index (χ0v) is 13.3. The molecule has 0 atom stereocenters. The Hall–Kier alpha value is -2.43. The second-order valence-electron chi connectivity index (χ2n) is 5.93. The van der Waals surface area contributed by atoms with E-state index in [4.69, 9.17) is 4.74 Å². The molecule has 0 N–H and O–H groups in total. The van der Waals surface area contributed by atoms with Crippen LogP contribution in [0.3, 0.4) is 0 Å². The Balaban J connectivity index is 1.49. The van der Waals surface area contributed by atoms with Crippen molar-refractivity contribution >= 4 is 5.91 Å². The van der Waals surface area contributed by atoms with Gasteiger partial charge in [0.05, 0.1) is 6.42 Å². The molecule has 2 aromatic rings. The highest BCUT2D eigenvalue weighted by Gasteiger charge is 2.24. The van der Waals surface area contributed by atoms with Gasteiger partial charge in [-0.05, 0) is 18.6 Å². The van der Waals surface area contributed by atoms with E-state index in [1.165, 1.54) is 5.56 Å². The Bertz CT molecular complexity index is 652. The van der Waals surface area contributed by atoms with Gasteiger partial charge in [0.15, 0.2) is 0 Å². The number of carbonyl (C=O) groups is 1. The molecular formula is C18H21N3O2. The van der Waals surface area contributed by atoms with Crippen molar-refractivity contribution in [1.82, 2.24) is 15.1 Å². The van der Waals surface area contributed by atoms with Crippen LogP contribution < -0.4 is 4.74 Å². The second kappa shape index (κ2) is 7.22. The average molecular weight is 311 g/mol. The number of ether oxygens (including phenoxy) is 1. The van der Waals surface area contributed by atoms with Crippen LogP contribution in [-0.2, 0) is 11.2 Å². The molecule has 1 aromatic carbocycles. The van der Waals surface area contributed by atoms with Gasteiger partial charge in [-0.3, -0.25) is 4.79 Å². The van der Waals surface area contributed by atoms with Crippen LogP contribution in [0.15, 0.2) is 42.6 Å². The lowest BCUT2D eigenvalue weighted by Gasteiger charge is -2.32. The van der Waals surface area contributed by atoms with E-state index in [2.05, 4.69) is 16.3 Å². The minimum absolute atomic E-state index is 0.106. The molecule has 1 fully saturated rings. The van der Waals surface area contributed by atoms with E-state index >= 15 is 0 Å². The average Bonchev–Trinajstić information content (AvgIpc) is 2.56. The van der Waals surface area contributed by atoms with Crippen LogP contribution in [0.25, 0.3) is 0 Å². The van der Waals surface area contributed by atoms with Crippen LogP contribution in [0.5, 0.6) is 5.88 Å². The van der Waals surface area contributed by atoms with Crippen molar-refractivity contribution in [3.05, 3.63) is 53.7 Å². The van der Waals surface area contributed by atoms with Crippen molar-refractivity contribution in [1.29, 1.82) is 0 Å². The first kappa shape index (κ1) is 15.5. The van der Waals surface area contributed by atoms with Gasteiger partial charge in [-0.25, -0.2) is 0 Å². The molecule has 23 heavy (non-hydrogen) atoms. The van der Waals surface area contributed by atoms with Crippen LogP contribution in [0, 0.1) is 6.92 Å². The molecule has 0 saturated carbocycles. The Morgan fingerprint density at radius 1 is 1.26 bits per heavy atom. The molecule has 3 rings (SSSR count). The SMILES string of the molecule is Cc1cccc(CC(=O)N2CCC(Oc3cccnn3)CC2)c1. The summed E-state index contributed by atoms with van der Waals surface area (Å²) in [5.74, 6) is 0.741. The predicted octanol–water partition coefficient (Wildman–Crippen LogP) is 2.40. The van der Waals surface area contributed by atoms with Gasteiger partial charge in [0.2, 0.25) is 11.8 Å². The molecule has 1 amide bonds. The molecule has 5 nitrogen and oxygen atoms in total. The summed E-state index contributed by atoms with van der Waals surface area (Å²) in [6.07, 6.45) is 3.86. The van der Waals surface area contributed by atoms with Gasteiger partial charge in [0.25, 0.3) is 0 Å². The van der Waals surface area contributed by atoms with Gasteiger partial charge in [0, 0.05) is 38.2 Å². The van der Waals surface area contributed by atoms with E-state index in [1.54, 1.807) is 6.20 Å². The summed E-state index contributed by atoms with van der Waals surface area (Å²) in [6.45, 7) is 3.51. The zero-order valence-electron chi connectivity index (χ0n) is 13.3. The van der Waals surface area contributed by atoms with Crippen molar-refractivity contribution in [2.24, 2.45) is 0 Å². The summed E-state index contributed by atoms with van der Waals surface area (Å²) in [5, 5.41) is 7.75. The van der Waals surface area contributed by atoms with Gasteiger partial charge < -0.3 is 9.64 Å². The number of benzene rings is 1. The Kier molecular flexibility index (Phi) is 4.86. The molecule has 5 heteroatoms. The number of aryl methyl sites for hydroxylation is 1. The Morgan fingerprint density at radius 3 is 2.78 bits per heavy atom. The van der Waals surface area contributed by atoms with Crippen LogP contribution >= 0.6 is 0 Å². The van der Waals surface area contributed by atoms with Crippen LogP contribution in [0.4, 0.5) is 0 Å². The van der Waals surface area contributed by atoms with Gasteiger partial charge in [0.1, 0.15) is 6.10 Å². The highest BCUT2D eigenvalue weighted by Crippen LogP contribution is 2.17. The maximum Gasteiger partial charge on any atom is 0.233 e. The van der Waals surface area contributed by atoms with Gasteiger partial charge >= 0.3 is 0 Å². The number of rotatable bonds is 4. The first-order valence-corrected chi connectivity index (χ1v) is 7.98. The third-order valence-corrected chi connectivity index (χ3v) is 4.07. The number of amides is 1. The largest absolute Gasteiger partial charge is 0.473 e. The van der Waals surface area contributed by atoms with Crippen molar-refractivity contribution in [3.63, 3.8) is 0 Å². The molecule has 1 aliphatic heterocycles. The summed E-state index contributed by atoms with van der Waals surface area (Å²) in [4.78, 5) is 14.3. The van der Waals surface area contributed by atoms with Crippen LogP contribution in [0.1, 0.15) is 24.0 Å². The monoisotopic (exact) mass is 311 g/mol. The fourth-order valence-corrected chi connectivity index (χ4v) is 2.85. The molecule has 1 aliphatic rings. The summed E-state index contributed by atoms with van der Waals surface area (Å²) in [7, 11) is 0. The van der Waals surface area contributed by atoms with E-state index in [0.717, 1.165) is 31.5 Å². The number of piperidine rings is 1. The number of likely N-dealkylation sites (tertiary alicyclic amines) is 1. The van der Waals surface area contributed by atoms with E-state index < -0.39 is 0 Å². The van der Waals surface area contributed by atoms with Gasteiger partial charge in [-0.1, -0.05) is 29.8 Å². The zero-order chi connectivity index (χ0) is 16.1. The molecule has 0 spiro atoms. The van der Waals surface area contributed by atoms with E-state index in [0.29, 0.717) is 12.3 Å². The van der Waals surface area contributed by atoms with Crippen molar-refractivity contribution in [2.45, 2.75) is 32.3 Å².